The van der Waals surface area contributed by atoms with E-state index in [4.69, 9.17) is 4.74 Å². The Balaban J connectivity index is 2.23. The quantitative estimate of drug-likeness (QED) is 0.692. The summed E-state index contributed by atoms with van der Waals surface area (Å²) < 4.78 is 4.98. The maximum absolute atomic E-state index is 13.0. The first-order valence-electron chi connectivity index (χ1n) is 10.2. The molecule has 1 amide bonds. The predicted molar refractivity (Wildman–Crippen MR) is 108 cm³/mol. The highest BCUT2D eigenvalue weighted by Crippen LogP contribution is 2.47. The molecule has 1 N–H and O–H groups in total. The number of nitrogens with one attached hydrogen (secondary N) is 1. The van der Waals surface area contributed by atoms with Gasteiger partial charge in [-0.25, -0.2) is 0 Å². The second-order valence-corrected chi connectivity index (χ2v) is 8.59. The van der Waals surface area contributed by atoms with Gasteiger partial charge in [0.05, 0.1) is 13.0 Å². The van der Waals surface area contributed by atoms with Crippen LogP contribution in [0.2, 0.25) is 0 Å². The molecular formula is C23H33NO4. The van der Waals surface area contributed by atoms with Crippen molar-refractivity contribution in [1.82, 2.24) is 5.32 Å². The van der Waals surface area contributed by atoms with Crippen LogP contribution in [-0.4, -0.2) is 24.8 Å². The molecule has 28 heavy (non-hydrogen) atoms. The fourth-order valence-corrected chi connectivity index (χ4v) is 4.54. The van der Waals surface area contributed by atoms with Gasteiger partial charge in [0.15, 0.2) is 0 Å². The molecule has 1 saturated carbocycles. The smallest absolute Gasteiger partial charge is 0.309 e. The zero-order valence-electron chi connectivity index (χ0n) is 17.6. The Morgan fingerprint density at radius 1 is 1.07 bits per heavy atom. The van der Waals surface area contributed by atoms with Gasteiger partial charge in [-0.2, -0.15) is 0 Å². The molecule has 0 bridgehead atoms. The monoisotopic (exact) mass is 387 g/mol. The Kier molecular flexibility index (Phi) is 7.78. The van der Waals surface area contributed by atoms with Gasteiger partial charge in [-0.1, -0.05) is 58.0 Å². The van der Waals surface area contributed by atoms with Crippen LogP contribution in [-0.2, 0) is 25.7 Å². The van der Waals surface area contributed by atoms with E-state index in [1.165, 1.54) is 7.11 Å². The molecule has 0 heterocycles. The number of Topliss-reactive ketones (excluding diaryl/α,β-unsaturated/α-hetero) is 1. The van der Waals surface area contributed by atoms with Crippen molar-refractivity contribution in [2.45, 2.75) is 47.1 Å². The number of hydrogen-bond donors (Lipinski definition) is 1. The number of carbonyl (C=O) groups excluding carboxylic acids is 3. The van der Waals surface area contributed by atoms with E-state index in [0.717, 1.165) is 5.56 Å². The van der Waals surface area contributed by atoms with Gasteiger partial charge in [0, 0.05) is 24.8 Å². The summed E-state index contributed by atoms with van der Waals surface area (Å²) in [6.45, 7) is 8.48. The molecule has 4 atom stereocenters. The summed E-state index contributed by atoms with van der Waals surface area (Å²) in [6, 6.07) is 9.72. The number of rotatable bonds is 8. The van der Waals surface area contributed by atoms with Gasteiger partial charge in [0.1, 0.15) is 5.78 Å². The van der Waals surface area contributed by atoms with Crippen molar-refractivity contribution < 1.29 is 19.1 Å². The number of methoxy groups -OCH3 is 1. The molecule has 1 aliphatic carbocycles. The lowest BCUT2D eigenvalue weighted by Gasteiger charge is -2.28. The van der Waals surface area contributed by atoms with Crippen LogP contribution in [0.5, 0.6) is 0 Å². The van der Waals surface area contributed by atoms with Crippen LogP contribution in [0.1, 0.15) is 46.1 Å². The summed E-state index contributed by atoms with van der Waals surface area (Å²) in [4.78, 5) is 38.4. The summed E-state index contributed by atoms with van der Waals surface area (Å²) in [6.07, 6.45) is 0.782. The molecule has 1 aromatic rings. The van der Waals surface area contributed by atoms with Crippen LogP contribution in [0.3, 0.4) is 0 Å². The molecule has 0 spiro atoms. The molecular weight excluding hydrogens is 354 g/mol. The lowest BCUT2D eigenvalue weighted by Crippen LogP contribution is -2.38. The number of ether oxygens (including phenoxy) is 1. The van der Waals surface area contributed by atoms with Crippen LogP contribution in [0.15, 0.2) is 30.3 Å². The van der Waals surface area contributed by atoms with Crippen LogP contribution < -0.4 is 5.32 Å². The minimum Gasteiger partial charge on any atom is -0.469 e. The van der Waals surface area contributed by atoms with Crippen LogP contribution in [0, 0.1) is 35.5 Å². The van der Waals surface area contributed by atoms with E-state index in [0.29, 0.717) is 19.4 Å². The summed E-state index contributed by atoms with van der Waals surface area (Å²) in [5, 5.41) is 3.00. The van der Waals surface area contributed by atoms with Crippen LogP contribution in [0.4, 0.5) is 0 Å². The van der Waals surface area contributed by atoms with E-state index in [1.807, 2.05) is 58.0 Å². The van der Waals surface area contributed by atoms with E-state index in [9.17, 15) is 14.4 Å². The largest absolute Gasteiger partial charge is 0.469 e. The summed E-state index contributed by atoms with van der Waals surface area (Å²) >= 11 is 0. The highest BCUT2D eigenvalue weighted by Gasteiger charge is 2.53. The molecule has 0 aromatic heterocycles. The molecule has 1 aromatic carbocycles. The Morgan fingerprint density at radius 2 is 1.71 bits per heavy atom. The first-order chi connectivity index (χ1) is 13.3. The average molecular weight is 388 g/mol. The van der Waals surface area contributed by atoms with Crippen LogP contribution in [0.25, 0.3) is 0 Å². The van der Waals surface area contributed by atoms with Crippen molar-refractivity contribution in [3.63, 3.8) is 0 Å². The van der Waals surface area contributed by atoms with Gasteiger partial charge in [-0.3, -0.25) is 14.4 Å². The predicted octanol–water partition coefficient (Wildman–Crippen LogP) is 3.62. The van der Waals surface area contributed by atoms with Crippen LogP contribution >= 0.6 is 0 Å². The molecule has 0 saturated heterocycles. The highest BCUT2D eigenvalue weighted by molar-refractivity contribution is 5.90. The third kappa shape index (κ3) is 5.21. The van der Waals surface area contributed by atoms with Gasteiger partial charge < -0.3 is 10.1 Å². The van der Waals surface area contributed by atoms with E-state index in [2.05, 4.69) is 5.32 Å². The number of benzene rings is 1. The zero-order valence-corrected chi connectivity index (χ0v) is 17.6. The Labute approximate surface area is 168 Å². The lowest BCUT2D eigenvalue weighted by atomic mass is 9.75. The topological polar surface area (TPSA) is 72.5 Å². The molecule has 0 aliphatic heterocycles. The summed E-state index contributed by atoms with van der Waals surface area (Å²) in [5.74, 6) is -1.60. The Bertz CT molecular complexity index is 683. The summed E-state index contributed by atoms with van der Waals surface area (Å²) in [7, 11) is 1.35. The molecule has 154 valence electrons. The van der Waals surface area contributed by atoms with E-state index in [-0.39, 0.29) is 41.3 Å². The van der Waals surface area contributed by atoms with E-state index >= 15 is 0 Å². The molecule has 3 unspecified atom stereocenters. The lowest BCUT2D eigenvalue weighted by molar-refractivity contribution is -0.149. The van der Waals surface area contributed by atoms with Crippen molar-refractivity contribution in [3.8, 4) is 0 Å². The summed E-state index contributed by atoms with van der Waals surface area (Å²) in [5.41, 5.74) is 1.02. The molecule has 5 heteroatoms. The van der Waals surface area contributed by atoms with Crippen molar-refractivity contribution in [2.75, 3.05) is 7.11 Å². The third-order valence-corrected chi connectivity index (χ3v) is 5.72. The SMILES string of the molecule is COC(=O)C1CC(C(=O)NCc2ccccc2)[C@H](C(C)C)C1C(=O)CC(C)C. The molecule has 0 radical (unpaired) electrons. The first kappa shape index (κ1) is 22.1. The fourth-order valence-electron chi connectivity index (χ4n) is 4.54. The van der Waals surface area contributed by atoms with Gasteiger partial charge in [0.25, 0.3) is 0 Å². The number of amides is 1. The van der Waals surface area contributed by atoms with Crippen molar-refractivity contribution in [3.05, 3.63) is 35.9 Å². The van der Waals surface area contributed by atoms with E-state index < -0.39 is 11.8 Å². The maximum Gasteiger partial charge on any atom is 0.309 e. The fraction of sp³-hybridized carbons (Fsp3) is 0.609. The van der Waals surface area contributed by atoms with Gasteiger partial charge in [-0.05, 0) is 29.7 Å². The molecule has 1 fully saturated rings. The van der Waals surface area contributed by atoms with Gasteiger partial charge >= 0.3 is 5.97 Å². The zero-order chi connectivity index (χ0) is 20.8. The Hall–Kier alpha value is -2.17. The standard InChI is InChI=1S/C23H33NO4/c1-14(2)11-19(25)21-18(23(27)28-5)12-17(20(21)15(3)4)22(26)24-13-16-9-7-6-8-10-16/h6-10,14-15,17-18,20-21H,11-13H2,1-5H3,(H,24,26)/t17?,18?,20-,21?/m0/s1. The maximum atomic E-state index is 13.0. The van der Waals surface area contributed by atoms with Crippen molar-refractivity contribution >= 4 is 17.7 Å². The van der Waals surface area contributed by atoms with E-state index in [1.54, 1.807) is 0 Å². The minimum atomic E-state index is -0.545. The molecule has 5 nitrogen and oxygen atoms in total. The minimum absolute atomic E-state index is 0.0717. The van der Waals surface area contributed by atoms with Crippen molar-refractivity contribution in [1.29, 1.82) is 0 Å². The Morgan fingerprint density at radius 3 is 2.25 bits per heavy atom. The average Bonchev–Trinajstić information content (AvgIpc) is 3.07. The van der Waals surface area contributed by atoms with Crippen molar-refractivity contribution in [2.24, 2.45) is 35.5 Å². The number of ketones is 1. The second-order valence-electron chi connectivity index (χ2n) is 8.59. The van der Waals surface area contributed by atoms with Gasteiger partial charge in [-0.15, -0.1) is 0 Å². The van der Waals surface area contributed by atoms with Gasteiger partial charge in [0.2, 0.25) is 5.91 Å². The number of esters is 1. The first-order valence-corrected chi connectivity index (χ1v) is 10.2. The highest BCUT2D eigenvalue weighted by atomic mass is 16.5. The molecule has 2 rings (SSSR count). The molecule has 1 aliphatic rings. The third-order valence-electron chi connectivity index (χ3n) is 5.72. The second kappa shape index (κ2) is 9.85. The number of hydrogen-bond acceptors (Lipinski definition) is 4. The number of carbonyl (C=O) groups is 3. The normalized spacial score (nSPS) is 24.4.